The SMILES string of the molecule is C=CC1CCC(C2CCC(c3ccc(-c4ccc(-c5ccc(O/C=C\CCC)c(F)c5F)cc4)c(F)c3)CC2)CC1. The van der Waals surface area contributed by atoms with E-state index in [2.05, 4.69) is 18.7 Å². The number of halogens is 3. The summed E-state index contributed by atoms with van der Waals surface area (Å²) in [6.45, 7) is 6.00. The third-order valence-corrected chi connectivity index (χ3v) is 9.35. The molecule has 41 heavy (non-hydrogen) atoms. The molecule has 2 aliphatic carbocycles. The molecule has 2 aliphatic rings. The molecule has 3 aromatic rings. The Labute approximate surface area is 243 Å². The summed E-state index contributed by atoms with van der Waals surface area (Å²) >= 11 is 0. The normalized spacial score (nSPS) is 23.0. The van der Waals surface area contributed by atoms with E-state index >= 15 is 4.39 Å². The van der Waals surface area contributed by atoms with Crippen molar-refractivity contribution in [3.63, 3.8) is 0 Å². The molecule has 5 rings (SSSR count). The predicted octanol–water partition coefficient (Wildman–Crippen LogP) is 11.4. The van der Waals surface area contributed by atoms with Gasteiger partial charge in [-0.1, -0.05) is 55.8 Å². The van der Waals surface area contributed by atoms with Crippen molar-refractivity contribution in [1.82, 2.24) is 0 Å². The maximum Gasteiger partial charge on any atom is 0.201 e. The van der Waals surface area contributed by atoms with Gasteiger partial charge in [-0.2, -0.15) is 4.39 Å². The maximum absolute atomic E-state index is 15.3. The van der Waals surface area contributed by atoms with Gasteiger partial charge < -0.3 is 4.74 Å². The number of hydrogen-bond donors (Lipinski definition) is 0. The fourth-order valence-electron chi connectivity index (χ4n) is 6.83. The van der Waals surface area contributed by atoms with Crippen LogP contribution in [0.1, 0.15) is 82.6 Å². The third kappa shape index (κ3) is 6.80. The molecule has 4 heteroatoms. The Hall–Kier alpha value is -3.27. The summed E-state index contributed by atoms with van der Waals surface area (Å²) in [7, 11) is 0. The Morgan fingerprint density at radius 3 is 1.98 bits per heavy atom. The van der Waals surface area contributed by atoms with Crippen LogP contribution in [-0.2, 0) is 0 Å². The minimum atomic E-state index is -1.02. The lowest BCUT2D eigenvalue weighted by atomic mass is 9.68. The lowest BCUT2D eigenvalue weighted by molar-refractivity contribution is 0.171. The lowest BCUT2D eigenvalue weighted by Gasteiger charge is -2.37. The molecule has 2 saturated carbocycles. The van der Waals surface area contributed by atoms with E-state index in [1.807, 2.05) is 13.0 Å². The van der Waals surface area contributed by atoms with Crippen molar-refractivity contribution in [1.29, 1.82) is 0 Å². The van der Waals surface area contributed by atoms with Gasteiger partial charge in [0.2, 0.25) is 5.82 Å². The molecule has 3 aromatic carbocycles. The van der Waals surface area contributed by atoms with Crippen molar-refractivity contribution in [3.8, 4) is 28.0 Å². The second kappa shape index (κ2) is 13.6. The van der Waals surface area contributed by atoms with Crippen molar-refractivity contribution in [3.05, 3.63) is 103 Å². The molecule has 0 atom stereocenters. The molecular formula is C37H41F3O. The van der Waals surface area contributed by atoms with Gasteiger partial charge in [-0.3, -0.25) is 0 Å². The molecule has 0 aliphatic heterocycles. The molecule has 0 amide bonds. The fraction of sp³-hybridized carbons (Fsp3) is 0.405. The van der Waals surface area contributed by atoms with Crippen LogP contribution >= 0.6 is 0 Å². The van der Waals surface area contributed by atoms with Gasteiger partial charge in [-0.15, -0.1) is 6.58 Å². The second-order valence-corrected chi connectivity index (χ2v) is 11.9. The van der Waals surface area contributed by atoms with Crippen LogP contribution in [0, 0.1) is 35.2 Å². The van der Waals surface area contributed by atoms with Crippen LogP contribution in [0.2, 0.25) is 0 Å². The highest BCUT2D eigenvalue weighted by Crippen LogP contribution is 2.44. The summed E-state index contributed by atoms with van der Waals surface area (Å²) < 4.78 is 50.0. The van der Waals surface area contributed by atoms with E-state index in [0.717, 1.165) is 43.1 Å². The molecule has 0 heterocycles. The van der Waals surface area contributed by atoms with Crippen molar-refractivity contribution >= 4 is 0 Å². The summed E-state index contributed by atoms with van der Waals surface area (Å²) in [5.74, 6) is 0.388. The maximum atomic E-state index is 15.3. The standard InChI is InChI=1S/C37H41F3O/c1-3-5-6-23-41-35-22-21-33(36(39)37(35)40)30-17-15-29(16-18-30)32-20-19-31(24-34(32)38)28-13-11-27(12-14-28)26-9-7-25(4-2)8-10-26/h4,6,15-28H,2-3,5,7-14H2,1H3/b23-6-. The zero-order valence-electron chi connectivity index (χ0n) is 24.1. The molecule has 0 saturated heterocycles. The first kappa shape index (κ1) is 29.2. The molecule has 0 N–H and O–H groups in total. The van der Waals surface area contributed by atoms with E-state index < -0.39 is 11.6 Å². The van der Waals surface area contributed by atoms with Crippen LogP contribution in [0.5, 0.6) is 5.75 Å². The van der Waals surface area contributed by atoms with Crippen LogP contribution in [0.4, 0.5) is 13.2 Å². The molecular weight excluding hydrogens is 517 g/mol. The Kier molecular flexibility index (Phi) is 9.69. The van der Waals surface area contributed by atoms with E-state index in [1.165, 1.54) is 56.9 Å². The summed E-state index contributed by atoms with van der Waals surface area (Å²) in [4.78, 5) is 0. The molecule has 0 radical (unpaired) electrons. The summed E-state index contributed by atoms with van der Waals surface area (Å²) in [5.41, 5.74) is 2.96. The lowest BCUT2D eigenvalue weighted by Crippen LogP contribution is -2.25. The van der Waals surface area contributed by atoms with Gasteiger partial charge in [0.25, 0.3) is 0 Å². The zero-order valence-corrected chi connectivity index (χ0v) is 24.1. The smallest absolute Gasteiger partial charge is 0.201 e. The van der Waals surface area contributed by atoms with Crippen LogP contribution in [0.15, 0.2) is 79.6 Å². The predicted molar refractivity (Wildman–Crippen MR) is 162 cm³/mol. The van der Waals surface area contributed by atoms with Crippen molar-refractivity contribution in [2.45, 2.75) is 77.0 Å². The Balaban J connectivity index is 1.22. The van der Waals surface area contributed by atoms with Crippen LogP contribution in [0.3, 0.4) is 0 Å². The first-order valence-electron chi connectivity index (χ1n) is 15.3. The number of ether oxygens (including phenoxy) is 1. The third-order valence-electron chi connectivity index (χ3n) is 9.35. The van der Waals surface area contributed by atoms with E-state index in [-0.39, 0.29) is 17.1 Å². The summed E-state index contributed by atoms with van der Waals surface area (Å²) in [6, 6.07) is 15.5. The first-order valence-corrected chi connectivity index (χ1v) is 15.3. The quantitative estimate of drug-likeness (QED) is 0.187. The average molecular weight is 559 g/mol. The second-order valence-electron chi connectivity index (χ2n) is 11.9. The first-order chi connectivity index (χ1) is 20.0. The fourth-order valence-corrected chi connectivity index (χ4v) is 6.83. The van der Waals surface area contributed by atoms with Crippen molar-refractivity contribution in [2.75, 3.05) is 0 Å². The van der Waals surface area contributed by atoms with Gasteiger partial charge in [0.15, 0.2) is 11.6 Å². The van der Waals surface area contributed by atoms with Gasteiger partial charge in [0.1, 0.15) is 5.82 Å². The number of unbranched alkanes of at least 4 members (excludes halogenated alkanes) is 1. The van der Waals surface area contributed by atoms with Crippen molar-refractivity contribution < 1.29 is 17.9 Å². The highest BCUT2D eigenvalue weighted by atomic mass is 19.2. The number of benzene rings is 3. The topological polar surface area (TPSA) is 9.23 Å². The Morgan fingerprint density at radius 1 is 0.756 bits per heavy atom. The van der Waals surface area contributed by atoms with Gasteiger partial charge in [-0.05, 0) is 122 Å². The zero-order chi connectivity index (χ0) is 28.8. The molecule has 0 bridgehead atoms. The molecule has 0 aromatic heterocycles. The number of allylic oxidation sites excluding steroid dienone is 2. The van der Waals surface area contributed by atoms with Crippen molar-refractivity contribution in [2.24, 2.45) is 17.8 Å². The van der Waals surface area contributed by atoms with E-state index in [0.29, 0.717) is 28.5 Å². The van der Waals surface area contributed by atoms with Gasteiger partial charge in [0.05, 0.1) is 6.26 Å². The molecule has 2 fully saturated rings. The Bertz CT molecular complexity index is 1340. The van der Waals surface area contributed by atoms with Crippen LogP contribution < -0.4 is 4.74 Å². The molecule has 1 nitrogen and oxygen atoms in total. The molecule has 0 unspecified atom stereocenters. The monoisotopic (exact) mass is 558 g/mol. The average Bonchev–Trinajstić information content (AvgIpc) is 3.01. The highest BCUT2D eigenvalue weighted by Gasteiger charge is 2.31. The molecule has 216 valence electrons. The van der Waals surface area contributed by atoms with E-state index in [4.69, 9.17) is 4.74 Å². The van der Waals surface area contributed by atoms with Gasteiger partial charge in [-0.25, -0.2) is 8.78 Å². The van der Waals surface area contributed by atoms with Crippen LogP contribution in [0.25, 0.3) is 22.3 Å². The summed E-state index contributed by atoms with van der Waals surface area (Å²) in [6.07, 6.45) is 17.0. The largest absolute Gasteiger partial charge is 0.462 e. The number of rotatable bonds is 9. The number of hydrogen-bond acceptors (Lipinski definition) is 1. The van der Waals surface area contributed by atoms with Gasteiger partial charge in [0, 0.05) is 11.1 Å². The highest BCUT2D eigenvalue weighted by molar-refractivity contribution is 5.71. The van der Waals surface area contributed by atoms with Gasteiger partial charge >= 0.3 is 0 Å². The van der Waals surface area contributed by atoms with E-state index in [9.17, 15) is 8.78 Å². The molecule has 0 spiro atoms. The van der Waals surface area contributed by atoms with Crippen LogP contribution in [-0.4, -0.2) is 0 Å². The summed E-state index contributed by atoms with van der Waals surface area (Å²) in [5, 5.41) is 0. The minimum Gasteiger partial charge on any atom is -0.462 e. The minimum absolute atomic E-state index is 0.138. The van der Waals surface area contributed by atoms with E-state index in [1.54, 1.807) is 36.4 Å². The Morgan fingerprint density at radius 2 is 1.37 bits per heavy atom.